The number of alkyl halides is 3. The van der Waals surface area contributed by atoms with Crippen molar-refractivity contribution in [2.75, 3.05) is 12.7 Å². The molecule has 8 heteroatoms. The summed E-state index contributed by atoms with van der Waals surface area (Å²) in [6.07, 6.45) is 0.0782. The number of hydrogen-bond donors (Lipinski definition) is 0. The van der Waals surface area contributed by atoms with Crippen LogP contribution in [0.2, 0.25) is 19.1 Å². The maximum Gasteiger partial charge on any atom is 0.511 e. The van der Waals surface area contributed by atoms with Crippen LogP contribution in [0.1, 0.15) is 0 Å². The lowest BCUT2D eigenvalue weighted by molar-refractivity contribution is -0.0481. The molecule has 1 aliphatic rings. The van der Waals surface area contributed by atoms with Crippen molar-refractivity contribution in [3.63, 3.8) is 0 Å². The predicted molar refractivity (Wildman–Crippen MR) is 48.8 cm³/mol. The van der Waals surface area contributed by atoms with Crippen LogP contribution in [-0.2, 0) is 10.0 Å². The number of sulfonamides is 1. The highest BCUT2D eigenvalue weighted by atomic mass is 32.2. The zero-order valence-electron chi connectivity index (χ0n) is 7.93. The Morgan fingerprint density at radius 1 is 1.29 bits per heavy atom. The van der Waals surface area contributed by atoms with Crippen LogP contribution in [0.3, 0.4) is 0 Å². The Morgan fingerprint density at radius 2 is 1.79 bits per heavy atom. The molecule has 0 unspecified atom stereocenters. The van der Waals surface area contributed by atoms with Gasteiger partial charge in [-0.05, 0) is 6.04 Å². The second-order valence-corrected chi connectivity index (χ2v) is 11.3. The summed E-state index contributed by atoms with van der Waals surface area (Å²) < 4.78 is 58.9. The fraction of sp³-hybridized carbons (Fsp3) is 1.00. The van der Waals surface area contributed by atoms with Crippen molar-refractivity contribution in [3.05, 3.63) is 0 Å². The number of rotatable bonds is 1. The third-order valence-electron chi connectivity index (χ3n) is 2.27. The van der Waals surface area contributed by atoms with E-state index in [1.54, 1.807) is 0 Å². The quantitative estimate of drug-likeness (QED) is 0.657. The molecule has 0 N–H and O–H groups in total. The van der Waals surface area contributed by atoms with Gasteiger partial charge in [0, 0.05) is 12.7 Å². The lowest BCUT2D eigenvalue weighted by atomic mass is 10.8. The van der Waals surface area contributed by atoms with Gasteiger partial charge >= 0.3 is 15.5 Å². The van der Waals surface area contributed by atoms with Gasteiger partial charge in [-0.1, -0.05) is 13.1 Å². The normalized spacial score (nSPS) is 24.1. The summed E-state index contributed by atoms with van der Waals surface area (Å²) in [5, 5.41) is 0. The Kier molecular flexibility index (Phi) is 2.75. The van der Waals surface area contributed by atoms with Gasteiger partial charge in [0.25, 0.3) is 0 Å². The smallest absolute Gasteiger partial charge is 0.203 e. The van der Waals surface area contributed by atoms with Crippen LogP contribution in [0.5, 0.6) is 0 Å². The average Bonchev–Trinajstić information content (AvgIpc) is 2.28. The third kappa shape index (κ3) is 2.11. The molecular weight excluding hydrogens is 235 g/mol. The molecular formula is C6H12F3NO2SSi. The fourth-order valence-electron chi connectivity index (χ4n) is 1.41. The van der Waals surface area contributed by atoms with E-state index in [0.717, 1.165) is 0 Å². The molecule has 0 saturated carbocycles. The Hall–Kier alpha value is -0.0831. The van der Waals surface area contributed by atoms with Gasteiger partial charge < -0.3 is 0 Å². The van der Waals surface area contributed by atoms with E-state index in [-0.39, 0.29) is 12.7 Å². The largest absolute Gasteiger partial charge is 0.511 e. The highest BCUT2D eigenvalue weighted by molar-refractivity contribution is 7.90. The van der Waals surface area contributed by atoms with Crippen molar-refractivity contribution in [2.45, 2.75) is 24.6 Å². The van der Waals surface area contributed by atoms with Crippen LogP contribution in [0.15, 0.2) is 0 Å². The SMILES string of the molecule is C[Si]1(C)CCN(S(=O)(=O)C(F)(F)F)C1. The molecule has 1 fully saturated rings. The first-order valence-corrected chi connectivity index (χ1v) is 8.98. The molecule has 1 saturated heterocycles. The maximum atomic E-state index is 12.1. The Balaban J connectivity index is 2.89. The molecule has 0 aromatic carbocycles. The number of hydrogen-bond acceptors (Lipinski definition) is 2. The van der Waals surface area contributed by atoms with Gasteiger partial charge in [0.05, 0.1) is 8.07 Å². The fourth-order valence-corrected chi connectivity index (χ4v) is 6.08. The summed E-state index contributed by atoms with van der Waals surface area (Å²) in [5.41, 5.74) is -5.15. The van der Waals surface area contributed by atoms with Crippen LogP contribution in [0.4, 0.5) is 13.2 Å². The van der Waals surface area contributed by atoms with Gasteiger partial charge in [0.2, 0.25) is 0 Å². The second-order valence-electron chi connectivity index (χ2n) is 4.20. The standard InChI is InChI=1S/C6H12F3NO2SSi/c1-14(2)4-3-10(5-14)13(11,12)6(7,8)9/h3-5H2,1-2H3. The number of nitrogens with zero attached hydrogens (tertiary/aromatic N) is 1. The first kappa shape index (κ1) is 12.0. The minimum absolute atomic E-state index is 0.0149. The van der Waals surface area contributed by atoms with E-state index in [4.69, 9.17) is 0 Å². The van der Waals surface area contributed by atoms with Gasteiger partial charge in [0.1, 0.15) is 0 Å². The van der Waals surface area contributed by atoms with E-state index >= 15 is 0 Å². The van der Waals surface area contributed by atoms with Gasteiger partial charge in [0.15, 0.2) is 0 Å². The number of halogens is 3. The summed E-state index contributed by atoms with van der Waals surface area (Å²) >= 11 is 0. The van der Waals surface area contributed by atoms with E-state index in [2.05, 4.69) is 0 Å². The molecule has 3 nitrogen and oxygen atoms in total. The molecule has 0 bridgehead atoms. The zero-order valence-corrected chi connectivity index (χ0v) is 9.74. The van der Waals surface area contributed by atoms with E-state index in [9.17, 15) is 21.6 Å². The molecule has 0 atom stereocenters. The lowest BCUT2D eigenvalue weighted by Crippen LogP contribution is -2.42. The van der Waals surface area contributed by atoms with E-state index in [1.165, 1.54) is 0 Å². The monoisotopic (exact) mass is 247 g/mol. The summed E-state index contributed by atoms with van der Waals surface area (Å²) in [4.78, 5) is 0. The molecule has 14 heavy (non-hydrogen) atoms. The summed E-state index contributed by atoms with van der Waals surface area (Å²) in [7, 11) is -6.82. The maximum absolute atomic E-state index is 12.1. The summed E-state index contributed by atoms with van der Waals surface area (Å²) in [6.45, 7) is 3.79. The van der Waals surface area contributed by atoms with Gasteiger partial charge in [-0.3, -0.25) is 0 Å². The van der Waals surface area contributed by atoms with Crippen molar-refractivity contribution in [2.24, 2.45) is 0 Å². The average molecular weight is 247 g/mol. The Bertz CT molecular complexity index is 324. The van der Waals surface area contributed by atoms with Crippen LogP contribution in [-0.4, -0.2) is 39.0 Å². The topological polar surface area (TPSA) is 37.4 Å². The van der Waals surface area contributed by atoms with Crippen molar-refractivity contribution in [3.8, 4) is 0 Å². The Morgan fingerprint density at radius 3 is 2.07 bits per heavy atom. The van der Waals surface area contributed by atoms with Crippen LogP contribution >= 0.6 is 0 Å². The molecule has 0 aromatic heterocycles. The zero-order chi connectivity index (χ0) is 11.2. The van der Waals surface area contributed by atoms with Crippen molar-refractivity contribution >= 4 is 18.1 Å². The highest BCUT2D eigenvalue weighted by Gasteiger charge is 2.52. The van der Waals surface area contributed by atoms with Crippen LogP contribution < -0.4 is 0 Å². The molecule has 1 rings (SSSR count). The summed E-state index contributed by atoms with van der Waals surface area (Å²) in [5.74, 6) is 0. The van der Waals surface area contributed by atoms with Gasteiger partial charge in [-0.25, -0.2) is 8.42 Å². The second kappa shape index (κ2) is 3.21. The van der Waals surface area contributed by atoms with Gasteiger partial charge in [-0.15, -0.1) is 0 Å². The highest BCUT2D eigenvalue weighted by Crippen LogP contribution is 2.31. The van der Waals surface area contributed by atoms with E-state index < -0.39 is 23.6 Å². The predicted octanol–water partition coefficient (Wildman–Crippen LogP) is 1.40. The Labute approximate surface area is 82.0 Å². The summed E-state index contributed by atoms with van der Waals surface area (Å²) in [6, 6.07) is 0.600. The molecule has 0 amide bonds. The molecule has 0 radical (unpaired) electrons. The van der Waals surface area contributed by atoms with Crippen molar-refractivity contribution in [1.82, 2.24) is 4.31 Å². The lowest BCUT2D eigenvalue weighted by Gasteiger charge is -2.19. The van der Waals surface area contributed by atoms with E-state index in [1.807, 2.05) is 13.1 Å². The molecule has 84 valence electrons. The van der Waals surface area contributed by atoms with E-state index in [0.29, 0.717) is 10.3 Å². The minimum Gasteiger partial charge on any atom is -0.203 e. The minimum atomic E-state index is -5.15. The van der Waals surface area contributed by atoms with Crippen molar-refractivity contribution < 1.29 is 21.6 Å². The molecule has 0 spiro atoms. The van der Waals surface area contributed by atoms with Crippen molar-refractivity contribution in [1.29, 1.82) is 0 Å². The molecule has 0 aliphatic carbocycles. The third-order valence-corrected chi connectivity index (χ3v) is 6.90. The van der Waals surface area contributed by atoms with Crippen LogP contribution in [0.25, 0.3) is 0 Å². The molecule has 1 aliphatic heterocycles. The van der Waals surface area contributed by atoms with Crippen LogP contribution in [0, 0.1) is 0 Å². The first-order valence-electron chi connectivity index (χ1n) is 4.13. The van der Waals surface area contributed by atoms with Gasteiger partial charge in [-0.2, -0.15) is 17.5 Å². The molecule has 1 heterocycles. The molecule has 0 aromatic rings. The first-order chi connectivity index (χ1) is 6.06.